The summed E-state index contributed by atoms with van der Waals surface area (Å²) in [6.07, 6.45) is 4.67. The topological polar surface area (TPSA) is 56.8 Å². The number of carbonyl (C=O) groups excluding carboxylic acids is 1. The van der Waals surface area contributed by atoms with Gasteiger partial charge in [0.2, 0.25) is 10.7 Å². The molecule has 1 amide bonds. The van der Waals surface area contributed by atoms with E-state index in [1.54, 1.807) is 0 Å². The van der Waals surface area contributed by atoms with Crippen LogP contribution in [0.1, 0.15) is 49.4 Å². The summed E-state index contributed by atoms with van der Waals surface area (Å²) < 4.78 is 44.2. The number of halogens is 3. The molecule has 2 aromatic heterocycles. The van der Waals surface area contributed by atoms with Gasteiger partial charge in [-0.1, -0.05) is 25.3 Å². The summed E-state index contributed by atoms with van der Waals surface area (Å²) in [7, 11) is 0. The molecule has 0 radical (unpaired) electrons. The summed E-state index contributed by atoms with van der Waals surface area (Å²) in [5, 5.41) is 7.15. The first-order chi connectivity index (χ1) is 14.8. The molecule has 6 nitrogen and oxygen atoms in total. The molecule has 0 unspecified atom stereocenters. The lowest BCUT2D eigenvalue weighted by Gasteiger charge is -2.21. The van der Waals surface area contributed by atoms with Gasteiger partial charge in [0.15, 0.2) is 5.82 Å². The van der Waals surface area contributed by atoms with Crippen LogP contribution in [0.2, 0.25) is 0 Å². The third kappa shape index (κ3) is 4.73. The van der Waals surface area contributed by atoms with Crippen molar-refractivity contribution in [2.45, 2.75) is 50.7 Å². The number of nitrogens with one attached hydrogen (secondary N) is 1. The SMILES string of the molecule is O=C(Cn1nc(C2CCCCC2)n(-n2cccc2)c1=S)Nc1cccc(C(F)(F)F)c1. The van der Waals surface area contributed by atoms with E-state index in [0.29, 0.717) is 4.77 Å². The molecule has 4 rings (SSSR count). The maximum Gasteiger partial charge on any atom is 0.416 e. The van der Waals surface area contributed by atoms with E-state index in [9.17, 15) is 18.0 Å². The number of rotatable bonds is 5. The number of nitrogens with zero attached hydrogens (tertiary/aromatic N) is 4. The molecule has 164 valence electrons. The van der Waals surface area contributed by atoms with Crippen molar-refractivity contribution in [1.82, 2.24) is 19.1 Å². The molecule has 0 saturated heterocycles. The van der Waals surface area contributed by atoms with Crippen molar-refractivity contribution in [2.75, 3.05) is 5.32 Å². The van der Waals surface area contributed by atoms with Gasteiger partial charge in [0.05, 0.1) is 5.56 Å². The van der Waals surface area contributed by atoms with Crippen molar-refractivity contribution in [3.05, 3.63) is 65.0 Å². The molecule has 0 spiro atoms. The molecule has 0 atom stereocenters. The van der Waals surface area contributed by atoms with Gasteiger partial charge in [-0.2, -0.15) is 18.3 Å². The summed E-state index contributed by atoms with van der Waals surface area (Å²) in [6.45, 7) is -0.191. The van der Waals surface area contributed by atoms with Crippen LogP contribution in [0.3, 0.4) is 0 Å². The molecular formula is C21H22F3N5OS. The van der Waals surface area contributed by atoms with Gasteiger partial charge in [0, 0.05) is 24.0 Å². The van der Waals surface area contributed by atoms with Gasteiger partial charge in [-0.25, -0.2) is 9.36 Å². The molecule has 0 bridgehead atoms. The van der Waals surface area contributed by atoms with Gasteiger partial charge < -0.3 is 5.32 Å². The van der Waals surface area contributed by atoms with Crippen LogP contribution in [0.4, 0.5) is 18.9 Å². The van der Waals surface area contributed by atoms with Gasteiger partial charge in [0.1, 0.15) is 6.54 Å². The second-order valence-electron chi connectivity index (χ2n) is 7.63. The van der Waals surface area contributed by atoms with Crippen LogP contribution < -0.4 is 5.32 Å². The van der Waals surface area contributed by atoms with E-state index in [4.69, 9.17) is 12.2 Å². The fourth-order valence-electron chi connectivity index (χ4n) is 3.92. The number of aromatic nitrogens is 4. The zero-order chi connectivity index (χ0) is 22.0. The molecular weight excluding hydrogens is 427 g/mol. The Labute approximate surface area is 182 Å². The molecule has 0 aliphatic heterocycles. The number of benzene rings is 1. The Bertz CT molecular complexity index is 1110. The molecule has 1 aliphatic rings. The molecule has 1 fully saturated rings. The van der Waals surface area contributed by atoms with E-state index in [2.05, 4.69) is 10.4 Å². The minimum Gasteiger partial charge on any atom is -0.324 e. The van der Waals surface area contributed by atoms with Crippen LogP contribution >= 0.6 is 12.2 Å². The summed E-state index contributed by atoms with van der Waals surface area (Å²) in [5.41, 5.74) is -0.748. The van der Waals surface area contributed by atoms with Gasteiger partial charge in [-0.15, -0.1) is 0 Å². The van der Waals surface area contributed by atoms with Crippen LogP contribution in [0, 0.1) is 4.77 Å². The van der Waals surface area contributed by atoms with E-state index >= 15 is 0 Å². The largest absolute Gasteiger partial charge is 0.416 e. The van der Waals surface area contributed by atoms with Gasteiger partial charge >= 0.3 is 6.18 Å². The fraction of sp³-hybridized carbons (Fsp3) is 0.381. The van der Waals surface area contributed by atoms with E-state index < -0.39 is 17.6 Å². The Balaban J connectivity index is 1.59. The Hall–Kier alpha value is -2.88. The first-order valence-corrected chi connectivity index (χ1v) is 10.5. The minimum atomic E-state index is -4.48. The maximum absolute atomic E-state index is 12.9. The van der Waals surface area contributed by atoms with Crippen LogP contribution in [-0.2, 0) is 17.5 Å². The van der Waals surface area contributed by atoms with Crippen LogP contribution in [0.5, 0.6) is 0 Å². The van der Waals surface area contributed by atoms with E-state index in [1.165, 1.54) is 23.2 Å². The van der Waals surface area contributed by atoms with Crippen LogP contribution in [0.25, 0.3) is 0 Å². The lowest BCUT2D eigenvalue weighted by atomic mass is 9.89. The van der Waals surface area contributed by atoms with E-state index in [0.717, 1.165) is 43.6 Å². The molecule has 1 saturated carbocycles. The zero-order valence-corrected chi connectivity index (χ0v) is 17.5. The second-order valence-corrected chi connectivity index (χ2v) is 8.00. The van der Waals surface area contributed by atoms with Crippen molar-refractivity contribution in [2.24, 2.45) is 0 Å². The quantitative estimate of drug-likeness (QED) is 0.543. The fourth-order valence-corrected chi connectivity index (χ4v) is 4.21. The maximum atomic E-state index is 12.9. The van der Waals surface area contributed by atoms with Crippen molar-refractivity contribution < 1.29 is 18.0 Å². The van der Waals surface area contributed by atoms with Crippen LogP contribution in [0.15, 0.2) is 48.8 Å². The molecule has 1 aromatic carbocycles. The monoisotopic (exact) mass is 449 g/mol. The predicted octanol–water partition coefficient (Wildman–Crippen LogP) is 5.23. The summed E-state index contributed by atoms with van der Waals surface area (Å²) in [4.78, 5) is 12.6. The summed E-state index contributed by atoms with van der Waals surface area (Å²) in [5.74, 6) is 0.543. The average molecular weight is 450 g/mol. The van der Waals surface area contributed by atoms with Gasteiger partial charge in [0.25, 0.3) is 0 Å². The van der Waals surface area contributed by atoms with Gasteiger partial charge in [-0.3, -0.25) is 9.47 Å². The Morgan fingerprint density at radius 3 is 2.52 bits per heavy atom. The molecule has 1 N–H and O–H groups in total. The first-order valence-electron chi connectivity index (χ1n) is 10.1. The highest BCUT2D eigenvalue weighted by Crippen LogP contribution is 2.32. The van der Waals surface area contributed by atoms with Crippen molar-refractivity contribution >= 4 is 23.8 Å². The van der Waals surface area contributed by atoms with Gasteiger partial charge in [-0.05, 0) is 55.4 Å². The third-order valence-electron chi connectivity index (χ3n) is 5.40. The standard InChI is InChI=1S/C21H22F3N5OS/c22-21(23,24)16-9-6-10-17(13-16)25-18(30)14-28-20(31)29(27-11-4-5-12-27)19(26-28)15-7-2-1-3-8-15/h4-6,9-13,15H,1-3,7-8,14H2,(H,25,30). The van der Waals surface area contributed by atoms with Crippen molar-refractivity contribution in [1.29, 1.82) is 0 Å². The molecule has 31 heavy (non-hydrogen) atoms. The number of anilines is 1. The second kappa shape index (κ2) is 8.70. The lowest BCUT2D eigenvalue weighted by molar-refractivity contribution is -0.137. The van der Waals surface area contributed by atoms with E-state index in [-0.39, 0.29) is 18.2 Å². The molecule has 10 heteroatoms. The first kappa shape index (κ1) is 21.4. The Morgan fingerprint density at radius 2 is 1.84 bits per heavy atom. The molecule has 3 aromatic rings. The summed E-state index contributed by atoms with van der Waals surface area (Å²) in [6, 6.07) is 8.29. The minimum absolute atomic E-state index is 0.0729. The molecule has 1 aliphatic carbocycles. The Kier molecular flexibility index (Phi) is 5.99. The number of alkyl halides is 3. The smallest absolute Gasteiger partial charge is 0.324 e. The van der Waals surface area contributed by atoms with Crippen molar-refractivity contribution in [3.8, 4) is 0 Å². The number of hydrogen-bond donors (Lipinski definition) is 1. The van der Waals surface area contributed by atoms with Crippen molar-refractivity contribution in [3.63, 3.8) is 0 Å². The third-order valence-corrected chi connectivity index (χ3v) is 5.78. The Morgan fingerprint density at radius 1 is 1.13 bits per heavy atom. The normalized spacial score (nSPS) is 15.2. The predicted molar refractivity (Wildman–Crippen MR) is 112 cm³/mol. The van der Waals surface area contributed by atoms with Crippen LogP contribution in [-0.4, -0.2) is 25.0 Å². The number of carbonyl (C=O) groups is 1. The average Bonchev–Trinajstić information content (AvgIpc) is 3.37. The highest BCUT2D eigenvalue weighted by Gasteiger charge is 2.30. The molecule has 2 heterocycles. The van der Waals surface area contributed by atoms with E-state index in [1.807, 2.05) is 33.9 Å². The number of hydrogen-bond acceptors (Lipinski definition) is 3. The zero-order valence-electron chi connectivity index (χ0n) is 16.7. The summed E-state index contributed by atoms with van der Waals surface area (Å²) >= 11 is 5.60. The highest BCUT2D eigenvalue weighted by atomic mass is 32.1. The number of amides is 1. The lowest BCUT2D eigenvalue weighted by Crippen LogP contribution is -2.20. The highest BCUT2D eigenvalue weighted by molar-refractivity contribution is 7.71.